The lowest BCUT2D eigenvalue weighted by atomic mass is 10.1. The highest BCUT2D eigenvalue weighted by molar-refractivity contribution is 7.17. The van der Waals surface area contributed by atoms with E-state index in [4.69, 9.17) is 9.47 Å². The molecule has 2 heterocycles. The fraction of sp³-hybridized carbons (Fsp3) is 0.304. The molecule has 0 radical (unpaired) electrons. The van der Waals surface area contributed by atoms with Crippen molar-refractivity contribution >= 4 is 39.6 Å². The van der Waals surface area contributed by atoms with Gasteiger partial charge in [-0.05, 0) is 74.4 Å². The van der Waals surface area contributed by atoms with Crippen molar-refractivity contribution in [1.82, 2.24) is 0 Å². The van der Waals surface area contributed by atoms with E-state index in [1.165, 1.54) is 35.3 Å². The first-order valence-corrected chi connectivity index (χ1v) is 11.2. The molecule has 3 aromatic rings. The van der Waals surface area contributed by atoms with Crippen LogP contribution in [0.25, 0.3) is 0 Å². The van der Waals surface area contributed by atoms with Gasteiger partial charge in [0.1, 0.15) is 17.4 Å². The van der Waals surface area contributed by atoms with Gasteiger partial charge in [0.15, 0.2) is 0 Å². The Hall–Kier alpha value is -2.64. The molecular formula is C23H25NO4S2. The number of thiophene rings is 2. The second-order valence-electron chi connectivity index (χ2n) is 7.25. The third kappa shape index (κ3) is 4.57. The molecule has 0 unspecified atom stereocenters. The third-order valence-corrected chi connectivity index (χ3v) is 7.14. The van der Waals surface area contributed by atoms with Crippen molar-refractivity contribution in [3.8, 4) is 5.75 Å². The SMILES string of the molecule is COC(=O)c1c(NC(=O)c2cc(COc3cc(C)cc(C)c3C)cs2)sc(C)c1C. The lowest BCUT2D eigenvalue weighted by Gasteiger charge is -2.11. The Morgan fingerprint density at radius 2 is 1.77 bits per heavy atom. The van der Waals surface area contributed by atoms with Crippen LogP contribution < -0.4 is 10.1 Å². The molecule has 0 spiro atoms. The minimum absolute atomic E-state index is 0.250. The number of rotatable bonds is 6. The summed E-state index contributed by atoms with van der Waals surface area (Å²) in [5, 5.41) is 5.29. The number of hydrogen-bond acceptors (Lipinski definition) is 6. The standard InChI is InChI=1S/C23H25NO4S2/c1-12-7-13(2)14(3)18(8-12)28-10-17-9-19(29-11-17)21(25)24-22-20(23(26)27-6)15(4)16(5)30-22/h7-9,11H,10H2,1-6H3,(H,24,25). The van der Waals surface area contributed by atoms with Crippen molar-refractivity contribution in [2.24, 2.45) is 0 Å². The van der Waals surface area contributed by atoms with Crippen LogP contribution in [-0.2, 0) is 11.3 Å². The van der Waals surface area contributed by atoms with Crippen LogP contribution in [0.4, 0.5) is 5.00 Å². The topological polar surface area (TPSA) is 64.6 Å². The predicted molar refractivity (Wildman–Crippen MR) is 122 cm³/mol. The predicted octanol–water partition coefficient (Wildman–Crippen LogP) is 5.97. The van der Waals surface area contributed by atoms with Crippen molar-refractivity contribution in [3.63, 3.8) is 0 Å². The number of aryl methyl sites for hydroxylation is 3. The number of carbonyl (C=O) groups is 2. The summed E-state index contributed by atoms with van der Waals surface area (Å²) < 4.78 is 10.9. The summed E-state index contributed by atoms with van der Waals surface area (Å²) in [4.78, 5) is 26.4. The highest BCUT2D eigenvalue weighted by Crippen LogP contribution is 2.33. The maximum atomic E-state index is 12.7. The van der Waals surface area contributed by atoms with Crippen molar-refractivity contribution < 1.29 is 19.1 Å². The van der Waals surface area contributed by atoms with E-state index in [9.17, 15) is 9.59 Å². The quantitative estimate of drug-likeness (QED) is 0.477. The van der Waals surface area contributed by atoms with Gasteiger partial charge in [-0.1, -0.05) is 6.07 Å². The van der Waals surface area contributed by atoms with Gasteiger partial charge in [0.05, 0.1) is 17.6 Å². The summed E-state index contributed by atoms with van der Waals surface area (Å²) in [5.41, 5.74) is 5.63. The maximum absolute atomic E-state index is 12.7. The van der Waals surface area contributed by atoms with Gasteiger partial charge in [-0.25, -0.2) is 4.79 Å². The van der Waals surface area contributed by atoms with Gasteiger partial charge >= 0.3 is 5.97 Å². The molecule has 1 amide bonds. The maximum Gasteiger partial charge on any atom is 0.341 e. The average Bonchev–Trinajstić information content (AvgIpc) is 3.28. The highest BCUT2D eigenvalue weighted by Gasteiger charge is 2.22. The van der Waals surface area contributed by atoms with Crippen LogP contribution in [0.2, 0.25) is 0 Å². The number of methoxy groups -OCH3 is 1. The second-order valence-corrected chi connectivity index (χ2v) is 9.38. The third-order valence-electron chi connectivity index (χ3n) is 5.04. The summed E-state index contributed by atoms with van der Waals surface area (Å²) in [6.45, 7) is 10.3. The molecule has 158 valence electrons. The first-order valence-electron chi connectivity index (χ1n) is 9.49. The molecule has 1 N–H and O–H groups in total. The van der Waals surface area contributed by atoms with E-state index in [0.29, 0.717) is 22.0 Å². The van der Waals surface area contributed by atoms with Crippen LogP contribution >= 0.6 is 22.7 Å². The lowest BCUT2D eigenvalue weighted by Crippen LogP contribution is -2.13. The van der Waals surface area contributed by atoms with E-state index in [2.05, 4.69) is 18.3 Å². The van der Waals surface area contributed by atoms with Gasteiger partial charge < -0.3 is 14.8 Å². The lowest BCUT2D eigenvalue weighted by molar-refractivity contribution is 0.0601. The average molecular weight is 444 g/mol. The van der Waals surface area contributed by atoms with Crippen LogP contribution in [0.5, 0.6) is 5.75 Å². The summed E-state index contributed by atoms with van der Waals surface area (Å²) in [6, 6.07) is 5.98. The number of anilines is 1. The largest absolute Gasteiger partial charge is 0.489 e. The fourth-order valence-corrected chi connectivity index (χ4v) is 4.95. The van der Waals surface area contributed by atoms with Crippen LogP contribution in [0.1, 0.15) is 52.7 Å². The van der Waals surface area contributed by atoms with Crippen molar-refractivity contribution in [3.05, 3.63) is 66.7 Å². The van der Waals surface area contributed by atoms with E-state index < -0.39 is 5.97 Å². The number of hydrogen-bond donors (Lipinski definition) is 1. The Morgan fingerprint density at radius 1 is 1.03 bits per heavy atom. The summed E-state index contributed by atoms with van der Waals surface area (Å²) in [5.74, 6) is 0.161. The molecular weight excluding hydrogens is 418 g/mol. The molecule has 0 atom stereocenters. The molecule has 0 aliphatic carbocycles. The minimum Gasteiger partial charge on any atom is -0.489 e. The van der Waals surface area contributed by atoms with Crippen molar-refractivity contribution in [2.75, 3.05) is 12.4 Å². The van der Waals surface area contributed by atoms with Crippen LogP contribution in [0, 0.1) is 34.6 Å². The molecule has 0 saturated carbocycles. The van der Waals surface area contributed by atoms with Crippen LogP contribution in [0.15, 0.2) is 23.6 Å². The Morgan fingerprint density at radius 3 is 2.47 bits per heavy atom. The highest BCUT2D eigenvalue weighted by atomic mass is 32.1. The molecule has 0 saturated heterocycles. The van der Waals surface area contributed by atoms with Crippen LogP contribution in [-0.4, -0.2) is 19.0 Å². The van der Waals surface area contributed by atoms with Crippen molar-refractivity contribution in [1.29, 1.82) is 0 Å². The molecule has 0 fully saturated rings. The van der Waals surface area contributed by atoms with Gasteiger partial charge in [-0.2, -0.15) is 0 Å². The zero-order valence-corrected chi connectivity index (χ0v) is 19.6. The zero-order chi connectivity index (χ0) is 22.0. The van der Waals surface area contributed by atoms with E-state index in [1.807, 2.05) is 45.2 Å². The van der Waals surface area contributed by atoms with Gasteiger partial charge in [0.25, 0.3) is 5.91 Å². The summed E-state index contributed by atoms with van der Waals surface area (Å²) >= 11 is 2.72. The number of carbonyl (C=O) groups excluding carboxylic acids is 2. The van der Waals surface area contributed by atoms with E-state index in [-0.39, 0.29) is 5.91 Å². The molecule has 0 bridgehead atoms. The molecule has 2 aromatic heterocycles. The van der Waals surface area contributed by atoms with Gasteiger partial charge in [-0.3, -0.25) is 4.79 Å². The summed E-state index contributed by atoms with van der Waals surface area (Å²) in [7, 11) is 1.34. The van der Waals surface area contributed by atoms with Crippen molar-refractivity contribution in [2.45, 2.75) is 41.2 Å². The first kappa shape index (κ1) is 22.1. The first-order chi connectivity index (χ1) is 14.2. The van der Waals surface area contributed by atoms with Crippen LogP contribution in [0.3, 0.4) is 0 Å². The zero-order valence-electron chi connectivity index (χ0n) is 18.0. The molecule has 0 aliphatic heterocycles. The monoisotopic (exact) mass is 443 g/mol. The fourth-order valence-electron chi connectivity index (χ4n) is 3.11. The molecule has 0 aliphatic rings. The van der Waals surface area contributed by atoms with Gasteiger partial charge in [0.2, 0.25) is 0 Å². The number of ether oxygens (including phenoxy) is 2. The van der Waals surface area contributed by atoms with Gasteiger partial charge in [-0.15, -0.1) is 22.7 Å². The Balaban J connectivity index is 1.72. The Bertz CT molecular complexity index is 1110. The normalized spacial score (nSPS) is 10.7. The molecule has 5 nitrogen and oxygen atoms in total. The number of amides is 1. The van der Waals surface area contributed by atoms with Gasteiger partial charge in [0, 0.05) is 10.4 Å². The Labute approximate surface area is 184 Å². The van der Waals surface area contributed by atoms with E-state index >= 15 is 0 Å². The number of benzene rings is 1. The second kappa shape index (κ2) is 9.02. The van der Waals surface area contributed by atoms with E-state index in [1.54, 1.807) is 0 Å². The number of nitrogens with one attached hydrogen (secondary N) is 1. The molecule has 30 heavy (non-hydrogen) atoms. The summed E-state index contributed by atoms with van der Waals surface area (Å²) in [6.07, 6.45) is 0. The Kier molecular flexibility index (Phi) is 6.63. The van der Waals surface area contributed by atoms with E-state index in [0.717, 1.165) is 32.9 Å². The molecule has 7 heteroatoms. The minimum atomic E-state index is -0.448. The molecule has 3 rings (SSSR count). The number of esters is 1. The molecule has 1 aromatic carbocycles. The smallest absolute Gasteiger partial charge is 0.341 e.